The Labute approximate surface area is 220 Å². The number of carbonyl (C=O) groups is 2. The van der Waals surface area contributed by atoms with Gasteiger partial charge in [-0.05, 0) is 69.4 Å². The fraction of sp³-hybridized carbons (Fsp3) is 0.679. The van der Waals surface area contributed by atoms with Crippen molar-refractivity contribution >= 4 is 29.5 Å². The number of aliphatic hydroxyl groups is 2. The predicted octanol–water partition coefficient (Wildman–Crippen LogP) is 4.53. The third-order valence-corrected chi connectivity index (χ3v) is 8.41. The highest BCUT2D eigenvalue weighted by Gasteiger charge is 2.42. The van der Waals surface area contributed by atoms with E-state index in [9.17, 15) is 19.8 Å². The van der Waals surface area contributed by atoms with Gasteiger partial charge in [0.15, 0.2) is 0 Å². The number of nitrogens with one attached hydrogen (secondary N) is 1. The Bertz CT molecular complexity index is 981. The summed E-state index contributed by atoms with van der Waals surface area (Å²) in [4.78, 5) is 26.3. The maximum Gasteiger partial charge on any atom is 0.223 e. The minimum atomic E-state index is -1.16. The van der Waals surface area contributed by atoms with Crippen LogP contribution in [0.5, 0.6) is 0 Å². The lowest BCUT2D eigenvalue weighted by molar-refractivity contribution is -0.143. The number of allylic oxidation sites excluding steroid dienone is 1. The second-order valence-corrected chi connectivity index (χ2v) is 11.8. The van der Waals surface area contributed by atoms with Crippen LogP contribution in [0.3, 0.4) is 0 Å². The molecule has 8 heteroatoms. The molecule has 1 aromatic rings. The monoisotopic (exact) mass is 519 g/mol. The molecular formula is C28H45N3O4S. The van der Waals surface area contributed by atoms with Gasteiger partial charge >= 0.3 is 0 Å². The van der Waals surface area contributed by atoms with Crippen LogP contribution >= 0.6 is 11.8 Å². The van der Waals surface area contributed by atoms with Gasteiger partial charge in [-0.1, -0.05) is 39.3 Å². The first-order chi connectivity index (χ1) is 16.8. The van der Waals surface area contributed by atoms with Crippen molar-refractivity contribution in [3.8, 4) is 0 Å². The number of ketones is 1. The van der Waals surface area contributed by atoms with Crippen LogP contribution in [-0.2, 0) is 16.6 Å². The Morgan fingerprint density at radius 1 is 1.28 bits per heavy atom. The molecule has 0 unspecified atom stereocenters. The first kappa shape index (κ1) is 30.3. The molecule has 0 aromatic carbocycles. The van der Waals surface area contributed by atoms with Crippen molar-refractivity contribution in [2.24, 2.45) is 24.3 Å². The second-order valence-electron chi connectivity index (χ2n) is 11.0. The zero-order chi connectivity index (χ0) is 27.2. The number of hydrogen-bond donors (Lipinski definition) is 3. The zero-order valence-electron chi connectivity index (χ0n) is 23.2. The lowest BCUT2D eigenvalue weighted by atomic mass is 9.73. The van der Waals surface area contributed by atoms with Crippen molar-refractivity contribution in [3.05, 3.63) is 29.0 Å². The highest BCUT2D eigenvalue weighted by molar-refractivity contribution is 7.98. The van der Waals surface area contributed by atoms with E-state index in [4.69, 9.17) is 0 Å². The minimum absolute atomic E-state index is 0.0385. The van der Waals surface area contributed by atoms with Gasteiger partial charge in [0.1, 0.15) is 5.78 Å². The molecule has 202 valence electrons. The van der Waals surface area contributed by atoms with E-state index in [0.717, 1.165) is 35.6 Å². The molecule has 1 aromatic heterocycles. The quantitative estimate of drug-likeness (QED) is 0.400. The number of hydrogen-bond acceptors (Lipinski definition) is 6. The van der Waals surface area contributed by atoms with E-state index >= 15 is 0 Å². The summed E-state index contributed by atoms with van der Waals surface area (Å²) in [5, 5.41) is 30.4. The highest BCUT2D eigenvalue weighted by atomic mass is 32.2. The number of aryl methyl sites for hydroxylation is 1. The van der Waals surface area contributed by atoms with Gasteiger partial charge in [-0.15, -0.1) is 11.8 Å². The van der Waals surface area contributed by atoms with Crippen LogP contribution in [0.2, 0.25) is 0 Å². The molecule has 0 aliphatic carbocycles. The van der Waals surface area contributed by atoms with Crippen molar-refractivity contribution in [2.45, 2.75) is 96.9 Å². The number of carbonyl (C=O) groups excluding carboxylic acids is 2. The third kappa shape index (κ3) is 7.80. The minimum Gasteiger partial charge on any atom is -0.392 e. The summed E-state index contributed by atoms with van der Waals surface area (Å²) in [6.07, 6.45) is 7.24. The molecule has 36 heavy (non-hydrogen) atoms. The Morgan fingerprint density at radius 2 is 1.94 bits per heavy atom. The van der Waals surface area contributed by atoms with E-state index in [0.29, 0.717) is 6.42 Å². The van der Waals surface area contributed by atoms with E-state index in [1.807, 2.05) is 44.0 Å². The van der Waals surface area contributed by atoms with E-state index in [-0.39, 0.29) is 30.1 Å². The standard InChI is InChI=1S/C28H45N3O4S/c1-17-10-9-11-18(2)26(34)20(4)27(35)28(5,6)23(32)16-24(33)29-22(13-12-17)19(3)14-21-15-25(36-8)31(7)30-21/h12,14-15,18,20,22-23,26,32,34H,9-11,13,16H2,1-8H3,(H,29,33)/b17-12-,19-14+/t18-,20+,22-,23-,26-/m0/s1. The average Bonchev–Trinajstić information content (AvgIpc) is 3.17. The molecule has 2 heterocycles. The second kappa shape index (κ2) is 13.1. The van der Waals surface area contributed by atoms with Gasteiger partial charge in [0, 0.05) is 13.0 Å². The molecule has 1 aliphatic heterocycles. The molecule has 5 atom stereocenters. The van der Waals surface area contributed by atoms with Crippen LogP contribution in [-0.4, -0.2) is 56.2 Å². The summed E-state index contributed by atoms with van der Waals surface area (Å²) in [5.74, 6) is -1.20. The Balaban J connectivity index is 2.35. The summed E-state index contributed by atoms with van der Waals surface area (Å²) in [5.41, 5.74) is 1.86. The number of aliphatic hydroxyl groups excluding tert-OH is 2. The smallest absolute Gasteiger partial charge is 0.223 e. The maximum absolute atomic E-state index is 13.2. The Morgan fingerprint density at radius 3 is 2.56 bits per heavy atom. The average molecular weight is 520 g/mol. The van der Waals surface area contributed by atoms with Gasteiger partial charge in [0.2, 0.25) is 5.91 Å². The van der Waals surface area contributed by atoms with Gasteiger partial charge in [-0.3, -0.25) is 14.3 Å². The number of Topliss-reactive ketones (excluding diaryl/α,β-unsaturated/α-hetero) is 1. The first-order valence-electron chi connectivity index (χ1n) is 12.9. The molecule has 3 N–H and O–H groups in total. The van der Waals surface area contributed by atoms with Crippen LogP contribution in [0.25, 0.3) is 6.08 Å². The van der Waals surface area contributed by atoms with Crippen LogP contribution < -0.4 is 5.32 Å². The van der Waals surface area contributed by atoms with E-state index in [1.54, 1.807) is 32.5 Å². The number of aromatic nitrogens is 2. The zero-order valence-corrected chi connectivity index (χ0v) is 24.0. The Kier molecular flexibility index (Phi) is 11.0. The normalized spacial score (nSPS) is 31.0. The lowest BCUT2D eigenvalue weighted by Crippen LogP contribution is -2.47. The SMILES string of the molecule is CSc1cc(/C=C(\C)[C@@H]2C/C=C(/C)CCC[C@H](C)[C@H](O)[C@@H](C)C(=O)C(C)(C)[C@@H](O)CC(=O)N2)nn1C. The first-order valence-corrected chi connectivity index (χ1v) is 14.1. The highest BCUT2D eigenvalue weighted by Crippen LogP contribution is 2.32. The number of amides is 1. The largest absolute Gasteiger partial charge is 0.392 e. The predicted molar refractivity (Wildman–Crippen MR) is 147 cm³/mol. The van der Waals surface area contributed by atoms with Crippen LogP contribution in [0.1, 0.15) is 79.3 Å². The van der Waals surface area contributed by atoms with Gasteiger partial charge in [0.05, 0.1) is 40.8 Å². The summed E-state index contributed by atoms with van der Waals surface area (Å²) >= 11 is 1.62. The molecular weight excluding hydrogens is 474 g/mol. The fourth-order valence-electron chi connectivity index (χ4n) is 4.80. The molecule has 0 saturated heterocycles. The van der Waals surface area contributed by atoms with Gasteiger partial charge in [-0.2, -0.15) is 5.10 Å². The van der Waals surface area contributed by atoms with Crippen LogP contribution in [0, 0.1) is 17.3 Å². The Hall–Kier alpha value is -1.90. The molecule has 1 amide bonds. The molecule has 7 nitrogen and oxygen atoms in total. The van der Waals surface area contributed by atoms with Gasteiger partial charge < -0.3 is 15.5 Å². The van der Waals surface area contributed by atoms with Crippen molar-refractivity contribution in [2.75, 3.05) is 6.26 Å². The molecule has 1 aliphatic rings. The molecule has 2 rings (SSSR count). The summed E-state index contributed by atoms with van der Waals surface area (Å²) in [7, 11) is 1.91. The molecule has 0 fully saturated rings. The maximum atomic E-state index is 13.2. The van der Waals surface area contributed by atoms with E-state index < -0.39 is 23.5 Å². The summed E-state index contributed by atoms with van der Waals surface area (Å²) in [6, 6.07) is 1.76. The molecule has 0 radical (unpaired) electrons. The summed E-state index contributed by atoms with van der Waals surface area (Å²) < 4.78 is 1.83. The lowest BCUT2D eigenvalue weighted by Gasteiger charge is -2.34. The summed E-state index contributed by atoms with van der Waals surface area (Å²) in [6.45, 7) is 11.1. The fourth-order valence-corrected chi connectivity index (χ4v) is 5.35. The van der Waals surface area contributed by atoms with Crippen LogP contribution in [0.15, 0.2) is 28.3 Å². The molecule has 0 spiro atoms. The van der Waals surface area contributed by atoms with Crippen LogP contribution in [0.4, 0.5) is 0 Å². The molecule has 0 saturated carbocycles. The third-order valence-electron chi connectivity index (χ3n) is 7.61. The van der Waals surface area contributed by atoms with Crippen molar-refractivity contribution in [1.29, 1.82) is 0 Å². The van der Waals surface area contributed by atoms with E-state index in [1.165, 1.54) is 5.57 Å². The van der Waals surface area contributed by atoms with Crippen molar-refractivity contribution in [3.63, 3.8) is 0 Å². The van der Waals surface area contributed by atoms with Crippen molar-refractivity contribution < 1.29 is 19.8 Å². The van der Waals surface area contributed by atoms with Gasteiger partial charge in [0.25, 0.3) is 0 Å². The van der Waals surface area contributed by atoms with E-state index in [2.05, 4.69) is 23.4 Å². The van der Waals surface area contributed by atoms with Crippen molar-refractivity contribution in [1.82, 2.24) is 15.1 Å². The van der Waals surface area contributed by atoms with Gasteiger partial charge in [-0.25, -0.2) is 0 Å². The number of thioether (sulfide) groups is 1. The number of rotatable bonds is 3. The number of nitrogens with zero attached hydrogens (tertiary/aromatic N) is 2. The molecule has 0 bridgehead atoms. The topological polar surface area (TPSA) is 104 Å².